The van der Waals surface area contributed by atoms with Gasteiger partial charge in [0.1, 0.15) is 0 Å². The van der Waals surface area contributed by atoms with Crippen molar-refractivity contribution in [3.8, 4) is 0 Å². The molecule has 17 heavy (non-hydrogen) atoms. The molecule has 1 aromatic carbocycles. The summed E-state index contributed by atoms with van der Waals surface area (Å²) in [6.45, 7) is 1.85. The topological polar surface area (TPSA) is 43.8 Å². The number of rotatable bonds is 5. The molecule has 0 aliphatic carbocycles. The van der Waals surface area contributed by atoms with Crippen LogP contribution in [0.1, 0.15) is 10.4 Å². The molecule has 5 heteroatoms. The number of anilines is 1. The monoisotopic (exact) mass is 300 g/mol. The number of benzene rings is 1. The first-order valence-corrected chi connectivity index (χ1v) is 6.10. The average Bonchev–Trinajstić information content (AvgIpc) is 2.25. The van der Waals surface area contributed by atoms with Gasteiger partial charge in [0.2, 0.25) is 0 Å². The van der Waals surface area contributed by atoms with E-state index in [-0.39, 0.29) is 5.56 Å². The van der Waals surface area contributed by atoms with Gasteiger partial charge >= 0.3 is 5.97 Å². The Hall–Kier alpha value is -1.07. The zero-order valence-electron chi connectivity index (χ0n) is 10.3. The largest absolute Gasteiger partial charge is 0.478 e. The smallest absolute Gasteiger partial charge is 0.336 e. The Morgan fingerprint density at radius 3 is 2.41 bits per heavy atom. The van der Waals surface area contributed by atoms with Crippen molar-refractivity contribution in [3.05, 3.63) is 28.2 Å². The highest BCUT2D eigenvalue weighted by Crippen LogP contribution is 2.23. The molecule has 94 valence electrons. The number of hydrogen-bond acceptors (Lipinski definition) is 3. The average molecular weight is 301 g/mol. The summed E-state index contributed by atoms with van der Waals surface area (Å²) in [7, 11) is 6.04. The van der Waals surface area contributed by atoms with Crippen molar-refractivity contribution < 1.29 is 9.90 Å². The predicted octanol–water partition coefficient (Wildman–Crippen LogP) is 2.15. The molecule has 0 atom stereocenters. The van der Waals surface area contributed by atoms with Crippen molar-refractivity contribution in [1.29, 1.82) is 0 Å². The van der Waals surface area contributed by atoms with Gasteiger partial charge in [0.25, 0.3) is 0 Å². The van der Waals surface area contributed by atoms with Crippen molar-refractivity contribution in [3.63, 3.8) is 0 Å². The first-order chi connectivity index (χ1) is 7.91. The van der Waals surface area contributed by atoms with E-state index in [9.17, 15) is 4.79 Å². The normalized spacial score (nSPS) is 10.6. The molecule has 0 spiro atoms. The molecule has 0 aliphatic heterocycles. The minimum Gasteiger partial charge on any atom is -0.478 e. The molecule has 0 amide bonds. The van der Waals surface area contributed by atoms with Gasteiger partial charge in [0.15, 0.2) is 0 Å². The molecule has 0 fully saturated rings. The molecule has 4 nitrogen and oxygen atoms in total. The second kappa shape index (κ2) is 6.02. The summed E-state index contributed by atoms with van der Waals surface area (Å²) >= 11 is 3.28. The maximum atomic E-state index is 10.9. The zero-order chi connectivity index (χ0) is 13.0. The SMILES string of the molecule is CN(C)CCN(C)c1ccc(C(=O)O)c(Br)c1. The van der Waals surface area contributed by atoms with Crippen molar-refractivity contribution in [1.82, 2.24) is 4.90 Å². The molecule has 1 N–H and O–H groups in total. The van der Waals surface area contributed by atoms with E-state index < -0.39 is 5.97 Å². The molecule has 0 saturated carbocycles. The number of halogens is 1. The summed E-state index contributed by atoms with van der Waals surface area (Å²) in [6, 6.07) is 5.27. The van der Waals surface area contributed by atoms with Crippen LogP contribution < -0.4 is 4.90 Å². The van der Waals surface area contributed by atoms with Crippen LogP contribution in [0, 0.1) is 0 Å². The number of carboxylic acid groups (broad SMARTS) is 1. The first-order valence-electron chi connectivity index (χ1n) is 5.30. The van der Waals surface area contributed by atoms with E-state index in [2.05, 4.69) is 25.7 Å². The summed E-state index contributed by atoms with van der Waals surface area (Å²) in [6.07, 6.45) is 0. The molecule has 0 bridgehead atoms. The quantitative estimate of drug-likeness (QED) is 0.905. The molecule has 0 unspecified atom stereocenters. The summed E-state index contributed by atoms with van der Waals surface area (Å²) in [5.74, 6) is -0.917. The standard InChI is InChI=1S/C12H17BrN2O2/c1-14(2)6-7-15(3)9-4-5-10(12(16)17)11(13)8-9/h4-5,8H,6-7H2,1-3H3,(H,16,17). The number of likely N-dealkylation sites (N-methyl/N-ethyl adjacent to an activating group) is 2. The predicted molar refractivity (Wildman–Crippen MR) is 72.9 cm³/mol. The van der Waals surface area contributed by atoms with Crippen molar-refractivity contribution in [2.75, 3.05) is 39.1 Å². The summed E-state index contributed by atoms with van der Waals surface area (Å²) in [4.78, 5) is 15.1. The molecule has 1 aromatic rings. The lowest BCUT2D eigenvalue weighted by molar-refractivity contribution is 0.0696. The van der Waals surface area contributed by atoms with Crippen LogP contribution in [0.3, 0.4) is 0 Å². The molecule has 0 aromatic heterocycles. The third kappa shape index (κ3) is 4.02. The highest BCUT2D eigenvalue weighted by Gasteiger charge is 2.10. The van der Waals surface area contributed by atoms with E-state index >= 15 is 0 Å². The molecular weight excluding hydrogens is 284 g/mol. The Balaban J connectivity index is 2.79. The fourth-order valence-electron chi connectivity index (χ4n) is 1.39. The zero-order valence-corrected chi connectivity index (χ0v) is 11.9. The van der Waals surface area contributed by atoms with Crippen LogP contribution in [0.25, 0.3) is 0 Å². The lowest BCUT2D eigenvalue weighted by atomic mass is 10.2. The van der Waals surface area contributed by atoms with Gasteiger partial charge in [-0.3, -0.25) is 0 Å². The van der Waals surface area contributed by atoms with Crippen LogP contribution in [0.5, 0.6) is 0 Å². The molecule has 1 rings (SSSR count). The lowest BCUT2D eigenvalue weighted by Gasteiger charge is -2.22. The number of carboxylic acids is 1. The maximum Gasteiger partial charge on any atom is 0.336 e. The molecular formula is C12H17BrN2O2. The summed E-state index contributed by atoms with van der Waals surface area (Å²) < 4.78 is 0.610. The number of hydrogen-bond donors (Lipinski definition) is 1. The Morgan fingerprint density at radius 1 is 1.29 bits per heavy atom. The van der Waals surface area contributed by atoms with Crippen LogP contribution in [0.2, 0.25) is 0 Å². The third-order valence-corrected chi connectivity index (χ3v) is 3.16. The second-order valence-corrected chi connectivity index (χ2v) is 5.05. The number of carbonyl (C=O) groups is 1. The Morgan fingerprint density at radius 2 is 1.94 bits per heavy atom. The third-order valence-electron chi connectivity index (χ3n) is 2.51. The molecule has 0 saturated heterocycles. The fraction of sp³-hybridized carbons (Fsp3) is 0.417. The minimum atomic E-state index is -0.917. The van der Waals surface area contributed by atoms with E-state index in [4.69, 9.17) is 5.11 Å². The van der Waals surface area contributed by atoms with Gasteiger partial charge in [0.05, 0.1) is 5.56 Å². The highest BCUT2D eigenvalue weighted by atomic mass is 79.9. The van der Waals surface area contributed by atoms with Crippen molar-refractivity contribution in [2.45, 2.75) is 0 Å². The van der Waals surface area contributed by atoms with Crippen molar-refractivity contribution in [2.24, 2.45) is 0 Å². The van der Waals surface area contributed by atoms with Crippen molar-refractivity contribution >= 4 is 27.6 Å². The van der Waals surface area contributed by atoms with E-state index in [0.717, 1.165) is 18.8 Å². The highest BCUT2D eigenvalue weighted by molar-refractivity contribution is 9.10. The van der Waals surface area contributed by atoms with Gasteiger partial charge in [0, 0.05) is 30.3 Å². The summed E-state index contributed by atoms with van der Waals surface area (Å²) in [5.41, 5.74) is 1.29. The van der Waals surface area contributed by atoms with Gasteiger partial charge in [-0.25, -0.2) is 4.79 Å². The first kappa shape index (κ1) is 14.0. The van der Waals surface area contributed by atoms with E-state index in [1.165, 1.54) is 0 Å². The Kier molecular flexibility index (Phi) is 4.96. The van der Waals surface area contributed by atoms with Crippen LogP contribution >= 0.6 is 15.9 Å². The van der Waals surface area contributed by atoms with Crippen LogP contribution in [-0.4, -0.2) is 50.2 Å². The number of aromatic carboxylic acids is 1. The lowest BCUT2D eigenvalue weighted by Crippen LogP contribution is -2.28. The molecule has 0 aliphatic rings. The van der Waals surface area contributed by atoms with Crippen LogP contribution in [0.15, 0.2) is 22.7 Å². The molecule has 0 heterocycles. The van der Waals surface area contributed by atoms with Gasteiger partial charge in [-0.1, -0.05) is 0 Å². The fourth-order valence-corrected chi connectivity index (χ4v) is 1.93. The number of nitrogens with zero attached hydrogens (tertiary/aromatic N) is 2. The maximum absolute atomic E-state index is 10.9. The Bertz CT molecular complexity index is 407. The Labute approximate surface area is 110 Å². The van der Waals surface area contributed by atoms with Gasteiger partial charge < -0.3 is 14.9 Å². The van der Waals surface area contributed by atoms with Crippen LogP contribution in [-0.2, 0) is 0 Å². The van der Waals surface area contributed by atoms with E-state index in [1.54, 1.807) is 6.07 Å². The van der Waals surface area contributed by atoms with Gasteiger partial charge in [-0.2, -0.15) is 0 Å². The van der Waals surface area contributed by atoms with Crippen LogP contribution in [0.4, 0.5) is 5.69 Å². The molecule has 0 radical (unpaired) electrons. The second-order valence-electron chi connectivity index (χ2n) is 4.19. The summed E-state index contributed by atoms with van der Waals surface area (Å²) in [5, 5.41) is 8.92. The van der Waals surface area contributed by atoms with Gasteiger partial charge in [-0.05, 0) is 48.2 Å². The van der Waals surface area contributed by atoms with E-state index in [1.807, 2.05) is 33.3 Å². The van der Waals surface area contributed by atoms with E-state index in [0.29, 0.717) is 4.47 Å². The minimum absolute atomic E-state index is 0.287. The van der Waals surface area contributed by atoms with Gasteiger partial charge in [-0.15, -0.1) is 0 Å².